The predicted octanol–water partition coefficient (Wildman–Crippen LogP) is 4.10. The summed E-state index contributed by atoms with van der Waals surface area (Å²) in [5.74, 6) is 3.91. The fraction of sp³-hybridized carbons (Fsp3) is 0.200. The topological polar surface area (TPSA) is 74.6 Å². The number of hydrogen-bond donors (Lipinski definition) is 2. The van der Waals surface area contributed by atoms with Gasteiger partial charge in [-0.25, -0.2) is 9.59 Å². The Kier molecular flexibility index (Phi) is 5.75. The molecule has 0 saturated heterocycles. The Labute approximate surface area is 140 Å². The van der Waals surface area contributed by atoms with E-state index in [1.165, 1.54) is 18.2 Å². The van der Waals surface area contributed by atoms with Gasteiger partial charge in [-0.1, -0.05) is 31.2 Å². The van der Waals surface area contributed by atoms with Crippen LogP contribution in [0, 0.1) is 11.8 Å². The molecule has 2 N–H and O–H groups in total. The van der Waals surface area contributed by atoms with Crippen molar-refractivity contribution in [2.24, 2.45) is 0 Å². The summed E-state index contributed by atoms with van der Waals surface area (Å²) in [6.45, 7) is 1.98. The molecule has 0 spiro atoms. The average Bonchev–Trinajstić information content (AvgIpc) is 2.58. The molecular formula is C20H18O4. The van der Waals surface area contributed by atoms with Gasteiger partial charge in [0.2, 0.25) is 0 Å². The SMILES string of the molecule is CCC#CCCc1ccccc1-c1cc(C(=O)O)ccc1C(=O)O. The first-order valence-corrected chi connectivity index (χ1v) is 7.69. The Morgan fingerprint density at radius 2 is 1.71 bits per heavy atom. The molecule has 0 heterocycles. The highest BCUT2D eigenvalue weighted by Gasteiger charge is 2.16. The van der Waals surface area contributed by atoms with Crippen LogP contribution in [0.5, 0.6) is 0 Å². The van der Waals surface area contributed by atoms with Crippen molar-refractivity contribution >= 4 is 11.9 Å². The molecule has 0 radical (unpaired) electrons. The van der Waals surface area contributed by atoms with Crippen LogP contribution in [-0.4, -0.2) is 22.2 Å². The van der Waals surface area contributed by atoms with Crippen LogP contribution in [0.3, 0.4) is 0 Å². The monoisotopic (exact) mass is 322 g/mol. The van der Waals surface area contributed by atoms with Gasteiger partial charge in [0.15, 0.2) is 0 Å². The maximum absolute atomic E-state index is 11.5. The highest BCUT2D eigenvalue weighted by molar-refractivity contribution is 5.99. The molecule has 2 aromatic rings. The second-order valence-electron chi connectivity index (χ2n) is 5.23. The first kappa shape index (κ1) is 17.3. The van der Waals surface area contributed by atoms with E-state index in [0.717, 1.165) is 17.5 Å². The van der Waals surface area contributed by atoms with Crippen LogP contribution < -0.4 is 0 Å². The van der Waals surface area contributed by atoms with Gasteiger partial charge >= 0.3 is 11.9 Å². The van der Waals surface area contributed by atoms with Gasteiger partial charge in [-0.2, -0.15) is 0 Å². The number of benzene rings is 2. The zero-order valence-corrected chi connectivity index (χ0v) is 13.4. The number of rotatable bonds is 5. The van der Waals surface area contributed by atoms with E-state index in [9.17, 15) is 19.8 Å². The molecule has 122 valence electrons. The van der Waals surface area contributed by atoms with Crippen LogP contribution in [0.15, 0.2) is 42.5 Å². The standard InChI is InChI=1S/C20H18O4/c1-2-3-4-5-8-14-9-6-7-10-16(14)18-13-15(19(21)22)11-12-17(18)20(23)24/h6-7,9-13H,2,5,8H2,1H3,(H,21,22)(H,23,24). The number of carboxylic acids is 2. The molecule has 0 fully saturated rings. The Morgan fingerprint density at radius 3 is 2.38 bits per heavy atom. The van der Waals surface area contributed by atoms with E-state index in [1.54, 1.807) is 0 Å². The van der Waals surface area contributed by atoms with Crippen LogP contribution >= 0.6 is 0 Å². The highest BCUT2D eigenvalue weighted by Crippen LogP contribution is 2.29. The normalized spacial score (nSPS) is 9.88. The maximum Gasteiger partial charge on any atom is 0.336 e. The lowest BCUT2D eigenvalue weighted by Gasteiger charge is -2.12. The summed E-state index contributed by atoms with van der Waals surface area (Å²) >= 11 is 0. The quantitative estimate of drug-likeness (QED) is 0.813. The summed E-state index contributed by atoms with van der Waals surface area (Å²) < 4.78 is 0. The lowest BCUT2D eigenvalue weighted by molar-refractivity contribution is 0.0682. The van der Waals surface area contributed by atoms with E-state index in [-0.39, 0.29) is 11.1 Å². The first-order chi connectivity index (χ1) is 11.5. The minimum Gasteiger partial charge on any atom is -0.478 e. The molecule has 0 aliphatic rings. The van der Waals surface area contributed by atoms with Crippen molar-refractivity contribution in [1.29, 1.82) is 0 Å². The lowest BCUT2D eigenvalue weighted by Crippen LogP contribution is -2.04. The van der Waals surface area contributed by atoms with Crippen LogP contribution in [0.1, 0.15) is 46.0 Å². The van der Waals surface area contributed by atoms with Gasteiger partial charge in [0.1, 0.15) is 0 Å². The fourth-order valence-corrected chi connectivity index (χ4v) is 2.50. The van der Waals surface area contributed by atoms with Gasteiger partial charge in [0.05, 0.1) is 11.1 Å². The molecule has 0 bridgehead atoms. The van der Waals surface area contributed by atoms with Crippen molar-refractivity contribution in [3.8, 4) is 23.0 Å². The molecule has 24 heavy (non-hydrogen) atoms. The molecular weight excluding hydrogens is 304 g/mol. The van der Waals surface area contributed by atoms with Crippen molar-refractivity contribution in [2.75, 3.05) is 0 Å². The molecule has 0 amide bonds. The summed E-state index contributed by atoms with van der Waals surface area (Å²) in [7, 11) is 0. The minimum atomic E-state index is -1.08. The Bertz CT molecular complexity index is 825. The van der Waals surface area contributed by atoms with Gasteiger partial charge in [-0.05, 0) is 41.3 Å². The molecule has 2 aromatic carbocycles. The van der Waals surface area contributed by atoms with E-state index in [4.69, 9.17) is 0 Å². The summed E-state index contributed by atoms with van der Waals surface area (Å²) in [5, 5.41) is 18.6. The Hall–Kier alpha value is -3.06. The molecule has 0 saturated carbocycles. The molecule has 0 unspecified atom stereocenters. The smallest absolute Gasteiger partial charge is 0.336 e. The second kappa shape index (κ2) is 7.98. The van der Waals surface area contributed by atoms with Crippen LogP contribution in [-0.2, 0) is 6.42 Å². The maximum atomic E-state index is 11.5. The third kappa shape index (κ3) is 4.02. The van der Waals surface area contributed by atoms with Crippen LogP contribution in [0.4, 0.5) is 0 Å². The molecule has 0 aliphatic carbocycles. The molecule has 2 rings (SSSR count). The van der Waals surface area contributed by atoms with Crippen molar-refractivity contribution in [3.63, 3.8) is 0 Å². The highest BCUT2D eigenvalue weighted by atomic mass is 16.4. The average molecular weight is 322 g/mol. The zero-order valence-electron chi connectivity index (χ0n) is 13.4. The van der Waals surface area contributed by atoms with Crippen molar-refractivity contribution in [3.05, 3.63) is 59.2 Å². The van der Waals surface area contributed by atoms with E-state index in [0.29, 0.717) is 18.4 Å². The van der Waals surface area contributed by atoms with Gasteiger partial charge < -0.3 is 10.2 Å². The van der Waals surface area contributed by atoms with Gasteiger partial charge in [-0.15, -0.1) is 11.8 Å². The van der Waals surface area contributed by atoms with Crippen LogP contribution in [0.25, 0.3) is 11.1 Å². The van der Waals surface area contributed by atoms with E-state index in [1.807, 2.05) is 31.2 Å². The predicted molar refractivity (Wildman–Crippen MR) is 92.2 cm³/mol. The number of hydrogen-bond acceptors (Lipinski definition) is 2. The van der Waals surface area contributed by atoms with Crippen molar-refractivity contribution in [1.82, 2.24) is 0 Å². The van der Waals surface area contributed by atoms with E-state index < -0.39 is 11.9 Å². The summed E-state index contributed by atoms with van der Waals surface area (Å²) in [4.78, 5) is 22.7. The zero-order chi connectivity index (χ0) is 17.5. The van der Waals surface area contributed by atoms with Gasteiger partial charge in [-0.3, -0.25) is 0 Å². The third-order valence-electron chi connectivity index (χ3n) is 3.63. The lowest BCUT2D eigenvalue weighted by atomic mass is 9.92. The number of aromatic carboxylic acids is 2. The molecule has 4 heteroatoms. The van der Waals surface area contributed by atoms with Crippen LogP contribution in [0.2, 0.25) is 0 Å². The van der Waals surface area contributed by atoms with E-state index in [2.05, 4.69) is 11.8 Å². The first-order valence-electron chi connectivity index (χ1n) is 7.69. The fourth-order valence-electron chi connectivity index (χ4n) is 2.50. The molecule has 4 nitrogen and oxygen atoms in total. The molecule has 0 aliphatic heterocycles. The number of carbonyl (C=O) groups is 2. The number of aryl methyl sites for hydroxylation is 1. The largest absolute Gasteiger partial charge is 0.478 e. The Balaban J connectivity index is 2.52. The van der Waals surface area contributed by atoms with Gasteiger partial charge in [0, 0.05) is 12.8 Å². The number of carboxylic acid groups (broad SMARTS) is 2. The summed E-state index contributed by atoms with van der Waals surface area (Å²) in [5.41, 5.74) is 2.26. The summed E-state index contributed by atoms with van der Waals surface area (Å²) in [6, 6.07) is 11.5. The molecule has 0 atom stereocenters. The van der Waals surface area contributed by atoms with E-state index >= 15 is 0 Å². The summed E-state index contributed by atoms with van der Waals surface area (Å²) in [6.07, 6.45) is 2.15. The van der Waals surface area contributed by atoms with Crippen molar-refractivity contribution in [2.45, 2.75) is 26.2 Å². The molecule has 0 aromatic heterocycles. The van der Waals surface area contributed by atoms with Gasteiger partial charge in [0.25, 0.3) is 0 Å². The third-order valence-corrected chi connectivity index (χ3v) is 3.63. The second-order valence-corrected chi connectivity index (χ2v) is 5.23. The Morgan fingerprint density at radius 1 is 0.958 bits per heavy atom. The van der Waals surface area contributed by atoms with Crippen molar-refractivity contribution < 1.29 is 19.8 Å². The minimum absolute atomic E-state index is 0.0653.